The summed E-state index contributed by atoms with van der Waals surface area (Å²) in [5.74, 6) is 0.200. The lowest BCUT2D eigenvalue weighted by Crippen LogP contribution is -2.00. The van der Waals surface area contributed by atoms with Gasteiger partial charge in [-0.3, -0.25) is 0 Å². The zero-order valence-corrected chi connectivity index (χ0v) is 8.25. The van der Waals surface area contributed by atoms with E-state index in [9.17, 15) is 10.1 Å². The highest BCUT2D eigenvalue weighted by molar-refractivity contribution is 9.10. The van der Waals surface area contributed by atoms with E-state index in [1.807, 2.05) is 0 Å². The highest BCUT2D eigenvalue weighted by atomic mass is 79.9. The van der Waals surface area contributed by atoms with Crippen LogP contribution in [-0.4, -0.2) is 20.6 Å². The molecular formula is C5H5BrClN3O2. The quantitative estimate of drug-likeness (QED) is 0.469. The number of hydrogen-bond acceptors (Lipinski definition) is 3. The van der Waals surface area contributed by atoms with Crippen molar-refractivity contribution in [1.82, 2.24) is 9.78 Å². The number of hydrogen-bond donors (Lipinski definition) is 0. The van der Waals surface area contributed by atoms with Gasteiger partial charge in [0.2, 0.25) is 0 Å². The monoisotopic (exact) mass is 253 g/mol. The smallest absolute Gasteiger partial charge is 0.358 e. The highest BCUT2D eigenvalue weighted by Gasteiger charge is 2.17. The molecule has 0 fully saturated rings. The van der Waals surface area contributed by atoms with Crippen molar-refractivity contribution in [3.8, 4) is 0 Å². The van der Waals surface area contributed by atoms with Crippen molar-refractivity contribution in [2.75, 3.05) is 5.88 Å². The summed E-state index contributed by atoms with van der Waals surface area (Å²) in [6, 6.07) is 0. The van der Waals surface area contributed by atoms with Crippen molar-refractivity contribution in [3.05, 3.63) is 20.8 Å². The van der Waals surface area contributed by atoms with Crippen molar-refractivity contribution < 1.29 is 4.92 Å². The largest absolute Gasteiger partial charge is 0.404 e. The van der Waals surface area contributed by atoms with E-state index in [1.54, 1.807) is 0 Å². The minimum atomic E-state index is -0.547. The van der Waals surface area contributed by atoms with Crippen LogP contribution >= 0.6 is 27.5 Å². The molecule has 0 saturated carbocycles. The number of aromatic nitrogens is 2. The van der Waals surface area contributed by atoms with Crippen LogP contribution in [0.5, 0.6) is 0 Å². The van der Waals surface area contributed by atoms with E-state index in [1.165, 1.54) is 10.9 Å². The van der Waals surface area contributed by atoms with Crippen LogP contribution in [0.4, 0.5) is 5.82 Å². The van der Waals surface area contributed by atoms with Crippen molar-refractivity contribution in [2.24, 2.45) is 0 Å². The lowest BCUT2D eigenvalue weighted by Gasteiger charge is -1.87. The Morgan fingerprint density at radius 2 is 2.50 bits per heavy atom. The summed E-state index contributed by atoms with van der Waals surface area (Å²) in [7, 11) is 0. The van der Waals surface area contributed by atoms with Gasteiger partial charge in [-0.05, 0) is 20.9 Å². The van der Waals surface area contributed by atoms with Crippen molar-refractivity contribution in [3.63, 3.8) is 0 Å². The normalized spacial score (nSPS) is 10.2. The number of alkyl halides is 1. The van der Waals surface area contributed by atoms with Crippen LogP contribution in [0, 0.1) is 10.1 Å². The first-order valence-electron chi connectivity index (χ1n) is 3.08. The van der Waals surface area contributed by atoms with E-state index in [0.29, 0.717) is 16.9 Å². The molecule has 0 amide bonds. The number of rotatable bonds is 3. The van der Waals surface area contributed by atoms with Gasteiger partial charge in [-0.15, -0.1) is 11.6 Å². The van der Waals surface area contributed by atoms with Gasteiger partial charge in [-0.1, -0.05) is 0 Å². The van der Waals surface area contributed by atoms with Gasteiger partial charge in [0.05, 0.1) is 17.8 Å². The van der Waals surface area contributed by atoms with Crippen LogP contribution in [0.1, 0.15) is 0 Å². The summed E-state index contributed by atoms with van der Waals surface area (Å²) in [6.45, 7) is 0.466. The van der Waals surface area contributed by atoms with Crippen LogP contribution in [0.15, 0.2) is 10.7 Å². The molecule has 7 heteroatoms. The third kappa shape index (κ3) is 1.95. The van der Waals surface area contributed by atoms with Gasteiger partial charge in [0.15, 0.2) is 0 Å². The molecule has 0 N–H and O–H groups in total. The average Bonchev–Trinajstić information content (AvgIpc) is 2.32. The molecule has 0 aliphatic rings. The molecule has 0 aliphatic heterocycles. The summed E-state index contributed by atoms with van der Waals surface area (Å²) >= 11 is 8.45. The van der Waals surface area contributed by atoms with Gasteiger partial charge in [0.25, 0.3) is 0 Å². The Hall–Kier alpha value is -0.620. The fourth-order valence-corrected chi connectivity index (χ4v) is 1.35. The van der Waals surface area contributed by atoms with Crippen molar-refractivity contribution in [2.45, 2.75) is 6.54 Å². The minimum absolute atomic E-state index is 0.180. The summed E-state index contributed by atoms with van der Waals surface area (Å²) in [4.78, 5) is 9.76. The molecule has 0 aliphatic carbocycles. The first-order chi connectivity index (χ1) is 5.65. The SMILES string of the molecule is O=[N+]([O-])c1nn(CCCl)cc1Br. The summed E-state index contributed by atoms with van der Waals surface area (Å²) in [6.07, 6.45) is 1.53. The highest BCUT2D eigenvalue weighted by Crippen LogP contribution is 2.21. The van der Waals surface area contributed by atoms with Gasteiger partial charge in [-0.25, -0.2) is 0 Å². The Morgan fingerprint density at radius 1 is 1.83 bits per heavy atom. The van der Waals surface area contributed by atoms with Gasteiger partial charge >= 0.3 is 5.82 Å². The zero-order valence-electron chi connectivity index (χ0n) is 5.91. The van der Waals surface area contributed by atoms with Gasteiger partial charge in [0, 0.05) is 5.88 Å². The first-order valence-corrected chi connectivity index (χ1v) is 4.41. The van der Waals surface area contributed by atoms with E-state index in [-0.39, 0.29) is 5.82 Å². The summed E-state index contributed by atoms with van der Waals surface area (Å²) < 4.78 is 1.80. The van der Waals surface area contributed by atoms with Gasteiger partial charge < -0.3 is 10.1 Å². The van der Waals surface area contributed by atoms with Crippen molar-refractivity contribution >= 4 is 33.3 Å². The Labute approximate surface area is 81.6 Å². The van der Waals surface area contributed by atoms with E-state index < -0.39 is 4.92 Å². The topological polar surface area (TPSA) is 61.0 Å². The lowest BCUT2D eigenvalue weighted by molar-refractivity contribution is -0.390. The van der Waals surface area contributed by atoms with E-state index in [2.05, 4.69) is 21.0 Å². The third-order valence-corrected chi connectivity index (χ3v) is 1.91. The van der Waals surface area contributed by atoms with Gasteiger partial charge in [0.1, 0.15) is 4.47 Å². The molecule has 66 valence electrons. The van der Waals surface area contributed by atoms with E-state index in [0.717, 1.165) is 0 Å². The van der Waals surface area contributed by atoms with E-state index >= 15 is 0 Å². The van der Waals surface area contributed by atoms with Crippen LogP contribution in [0.25, 0.3) is 0 Å². The minimum Gasteiger partial charge on any atom is -0.358 e. The predicted molar refractivity (Wildman–Crippen MR) is 47.3 cm³/mol. The number of nitrogens with zero attached hydrogens (tertiary/aromatic N) is 3. The molecule has 1 aromatic heterocycles. The predicted octanol–water partition coefficient (Wildman–Crippen LogP) is 1.79. The molecule has 0 bridgehead atoms. The summed E-state index contributed by atoms with van der Waals surface area (Å²) in [5.41, 5.74) is 0. The average molecular weight is 254 g/mol. The zero-order chi connectivity index (χ0) is 9.14. The van der Waals surface area contributed by atoms with Gasteiger partial charge in [-0.2, -0.15) is 4.68 Å². The molecule has 0 unspecified atom stereocenters. The third-order valence-electron chi connectivity index (χ3n) is 1.19. The molecule has 1 aromatic rings. The molecular weight excluding hydrogens is 249 g/mol. The fourth-order valence-electron chi connectivity index (χ4n) is 0.712. The van der Waals surface area contributed by atoms with E-state index in [4.69, 9.17) is 11.6 Å². The Bertz CT molecular complexity index is 301. The van der Waals surface area contributed by atoms with Crippen LogP contribution in [-0.2, 0) is 6.54 Å². The van der Waals surface area contributed by atoms with Crippen molar-refractivity contribution in [1.29, 1.82) is 0 Å². The number of aryl methyl sites for hydroxylation is 1. The Morgan fingerprint density at radius 3 is 2.92 bits per heavy atom. The molecule has 0 atom stereocenters. The van der Waals surface area contributed by atoms with Crippen LogP contribution in [0.3, 0.4) is 0 Å². The number of nitro groups is 1. The Balaban J connectivity index is 2.92. The molecule has 1 heterocycles. The molecule has 5 nitrogen and oxygen atoms in total. The molecule has 0 radical (unpaired) electrons. The maximum atomic E-state index is 10.3. The van der Waals surface area contributed by atoms with Crippen LogP contribution in [0.2, 0.25) is 0 Å². The maximum absolute atomic E-state index is 10.3. The standard InChI is InChI=1S/C5H5BrClN3O2/c6-4-3-9(2-1-7)8-5(4)10(11)12/h3H,1-2H2. The molecule has 12 heavy (non-hydrogen) atoms. The first kappa shape index (κ1) is 9.47. The second kappa shape index (κ2) is 3.86. The van der Waals surface area contributed by atoms with Crippen LogP contribution < -0.4 is 0 Å². The second-order valence-corrected chi connectivity index (χ2v) is 3.24. The Kier molecular flexibility index (Phi) is 3.05. The lowest BCUT2D eigenvalue weighted by atomic mass is 10.6. The second-order valence-electron chi connectivity index (χ2n) is 2.01. The molecule has 1 rings (SSSR count). The molecule has 0 saturated heterocycles. The molecule has 0 aromatic carbocycles. The number of halogens is 2. The molecule has 0 spiro atoms. The summed E-state index contributed by atoms with van der Waals surface area (Å²) in [5, 5.41) is 14.0. The fraction of sp³-hybridized carbons (Fsp3) is 0.400. The maximum Gasteiger partial charge on any atom is 0.404 e.